The van der Waals surface area contributed by atoms with Crippen molar-refractivity contribution in [2.75, 3.05) is 0 Å². The molecule has 1 radical (unpaired) electrons. The van der Waals surface area contributed by atoms with Crippen LogP contribution in [0.25, 0.3) is 0 Å². The van der Waals surface area contributed by atoms with Gasteiger partial charge in [0.05, 0.1) is 0 Å². The summed E-state index contributed by atoms with van der Waals surface area (Å²) in [6.45, 7) is 0. The molecule has 0 bridgehead atoms. The van der Waals surface area contributed by atoms with E-state index >= 15 is 0 Å². The van der Waals surface area contributed by atoms with Gasteiger partial charge < -0.3 is 0 Å². The maximum Gasteiger partial charge on any atom is 0.418 e. The van der Waals surface area contributed by atoms with Crippen LogP contribution in [-0.4, -0.2) is 30.4 Å². The van der Waals surface area contributed by atoms with E-state index in [1.807, 2.05) is 0 Å². The van der Waals surface area contributed by atoms with Crippen LogP contribution in [0, 0.1) is 11.8 Å². The van der Waals surface area contributed by atoms with Crippen molar-refractivity contribution in [3.05, 3.63) is 6.43 Å². The molecule has 0 amide bonds. The van der Waals surface area contributed by atoms with Gasteiger partial charge in [0.1, 0.15) is 0 Å². The molecule has 0 aliphatic carbocycles. The highest BCUT2D eigenvalue weighted by atomic mass is 19.4. The Labute approximate surface area is 109 Å². The summed E-state index contributed by atoms with van der Waals surface area (Å²) in [5, 5.41) is 0. The summed E-state index contributed by atoms with van der Waals surface area (Å²) < 4.78 is 183. The molecule has 15 heteroatoms. The molecule has 0 unspecified atom stereocenters. The Bertz CT molecular complexity index is 356. The van der Waals surface area contributed by atoms with Gasteiger partial charge in [0.15, 0.2) is 0 Å². The van der Waals surface area contributed by atoms with Crippen molar-refractivity contribution in [2.45, 2.75) is 30.4 Å². The second-order valence-electron chi connectivity index (χ2n) is 3.65. The van der Waals surface area contributed by atoms with E-state index in [0.29, 0.717) is 0 Å². The standard InChI is InChI=1S/C7F15/c8-1(9)2(10,11)4(12,13)3(5(14,15)16,6(17,18)19)7(20,21)22. The van der Waals surface area contributed by atoms with E-state index in [1.165, 1.54) is 0 Å². The molecule has 0 aliphatic heterocycles. The van der Waals surface area contributed by atoms with Crippen molar-refractivity contribution >= 4 is 0 Å². The first kappa shape index (κ1) is 20.9. The lowest BCUT2D eigenvalue weighted by Crippen LogP contribution is -2.73. The van der Waals surface area contributed by atoms with Gasteiger partial charge in [-0.1, -0.05) is 0 Å². The summed E-state index contributed by atoms with van der Waals surface area (Å²) >= 11 is 0. The van der Waals surface area contributed by atoms with Gasteiger partial charge in [-0.15, -0.1) is 0 Å². The SMILES string of the molecule is F[C](F)C(F)(F)C(F)(F)C(C(F)(F)F)(C(F)(F)F)C(F)(F)F. The molecule has 0 aromatic heterocycles. The van der Waals surface area contributed by atoms with Gasteiger partial charge in [0, 0.05) is 0 Å². The highest BCUT2D eigenvalue weighted by Gasteiger charge is 2.98. The van der Waals surface area contributed by atoms with Crippen LogP contribution in [-0.2, 0) is 0 Å². The van der Waals surface area contributed by atoms with Gasteiger partial charge in [-0.2, -0.15) is 65.9 Å². The summed E-state index contributed by atoms with van der Waals surface area (Å²) in [5.74, 6) is -16.0. The molecule has 133 valence electrons. The first-order valence-corrected chi connectivity index (χ1v) is 4.33. The highest BCUT2D eigenvalue weighted by Crippen LogP contribution is 2.70. The second kappa shape index (κ2) is 4.97. The number of rotatable bonds is 3. The molecular weight excluding hydrogens is 369 g/mol. The van der Waals surface area contributed by atoms with E-state index in [2.05, 4.69) is 0 Å². The maximum atomic E-state index is 12.8. The third-order valence-corrected chi connectivity index (χ3v) is 2.38. The number of hydrogen-bond acceptors (Lipinski definition) is 0. The Balaban J connectivity index is 6.98. The molecule has 0 saturated heterocycles. The molecule has 0 heterocycles. The predicted octanol–water partition coefficient (Wildman–Crippen LogP) is 5.36. The average molecular weight is 369 g/mol. The molecular formula is C7F15. The zero-order valence-corrected chi connectivity index (χ0v) is 9.17. The smallest absolute Gasteiger partial charge is 0.198 e. The Morgan fingerprint density at radius 2 is 0.682 bits per heavy atom. The molecule has 0 N–H and O–H groups in total. The number of hydrogen-bond donors (Lipinski definition) is 0. The van der Waals surface area contributed by atoms with Gasteiger partial charge in [-0.05, 0) is 0 Å². The zero-order valence-electron chi connectivity index (χ0n) is 9.17. The molecule has 22 heavy (non-hydrogen) atoms. The van der Waals surface area contributed by atoms with E-state index in [1.54, 1.807) is 0 Å². The van der Waals surface area contributed by atoms with Gasteiger partial charge in [0.2, 0.25) is 0 Å². The van der Waals surface area contributed by atoms with Crippen molar-refractivity contribution in [1.29, 1.82) is 0 Å². The average Bonchev–Trinajstić information content (AvgIpc) is 2.08. The summed E-state index contributed by atoms with van der Waals surface area (Å²) in [6.07, 6.45) is -29.4. The molecule has 0 rings (SSSR count). The monoisotopic (exact) mass is 369 g/mol. The predicted molar refractivity (Wildman–Crippen MR) is 36.0 cm³/mol. The lowest BCUT2D eigenvalue weighted by Gasteiger charge is -2.44. The van der Waals surface area contributed by atoms with Crippen LogP contribution in [0.3, 0.4) is 0 Å². The summed E-state index contributed by atoms with van der Waals surface area (Å²) in [4.78, 5) is 0. The summed E-state index contributed by atoms with van der Waals surface area (Å²) in [6, 6.07) is 0. The van der Waals surface area contributed by atoms with Gasteiger partial charge in [0.25, 0.3) is 0 Å². The summed E-state index contributed by atoms with van der Waals surface area (Å²) in [5.41, 5.74) is -8.41. The van der Waals surface area contributed by atoms with Crippen LogP contribution >= 0.6 is 0 Å². The van der Waals surface area contributed by atoms with Crippen molar-refractivity contribution < 1.29 is 65.9 Å². The number of halogens is 15. The van der Waals surface area contributed by atoms with Crippen LogP contribution in [0.2, 0.25) is 0 Å². The summed E-state index contributed by atoms with van der Waals surface area (Å²) in [7, 11) is 0. The second-order valence-corrected chi connectivity index (χ2v) is 3.65. The van der Waals surface area contributed by atoms with Crippen LogP contribution in [0.5, 0.6) is 0 Å². The van der Waals surface area contributed by atoms with Crippen molar-refractivity contribution in [1.82, 2.24) is 0 Å². The zero-order chi connectivity index (χ0) is 18.6. The molecule has 0 spiro atoms. The molecule has 0 fully saturated rings. The van der Waals surface area contributed by atoms with Gasteiger partial charge in [-0.25, -0.2) is 0 Å². The van der Waals surface area contributed by atoms with Crippen LogP contribution in [0.4, 0.5) is 65.9 Å². The minimum absolute atomic E-state index is 5.06. The first-order valence-electron chi connectivity index (χ1n) is 4.33. The van der Waals surface area contributed by atoms with E-state index in [0.717, 1.165) is 0 Å². The fraction of sp³-hybridized carbons (Fsp3) is 0.857. The van der Waals surface area contributed by atoms with E-state index in [4.69, 9.17) is 0 Å². The Kier molecular flexibility index (Phi) is 4.74. The van der Waals surface area contributed by atoms with Gasteiger partial charge in [-0.3, -0.25) is 0 Å². The lowest BCUT2D eigenvalue weighted by atomic mass is 9.75. The van der Waals surface area contributed by atoms with E-state index in [9.17, 15) is 65.9 Å². The van der Waals surface area contributed by atoms with Crippen LogP contribution < -0.4 is 0 Å². The quantitative estimate of drug-likeness (QED) is 0.588. The Morgan fingerprint density at radius 3 is 0.818 bits per heavy atom. The maximum absolute atomic E-state index is 12.8. The lowest BCUT2D eigenvalue weighted by molar-refractivity contribution is -0.497. The third kappa shape index (κ3) is 2.45. The first-order chi connectivity index (χ1) is 9.19. The fourth-order valence-corrected chi connectivity index (χ4v) is 1.37. The molecule has 0 saturated carbocycles. The van der Waals surface area contributed by atoms with Crippen LogP contribution in [0.15, 0.2) is 0 Å². The van der Waals surface area contributed by atoms with Crippen LogP contribution in [0.1, 0.15) is 0 Å². The topological polar surface area (TPSA) is 0 Å². The van der Waals surface area contributed by atoms with Crippen molar-refractivity contribution in [2.24, 2.45) is 5.41 Å². The normalized spacial score (nSPS) is 16.4. The molecule has 0 aliphatic rings. The fourth-order valence-electron chi connectivity index (χ4n) is 1.37. The largest absolute Gasteiger partial charge is 0.418 e. The number of alkyl halides is 13. The Morgan fingerprint density at radius 1 is 0.455 bits per heavy atom. The Hall–Kier alpha value is -1.05. The highest BCUT2D eigenvalue weighted by molar-refractivity contribution is 5.15. The minimum Gasteiger partial charge on any atom is -0.198 e. The van der Waals surface area contributed by atoms with E-state index in [-0.39, 0.29) is 0 Å². The van der Waals surface area contributed by atoms with E-state index < -0.39 is 42.2 Å². The molecule has 0 aromatic carbocycles. The molecule has 0 nitrogen and oxygen atoms in total. The van der Waals surface area contributed by atoms with Crippen molar-refractivity contribution in [3.8, 4) is 0 Å². The van der Waals surface area contributed by atoms with Gasteiger partial charge >= 0.3 is 42.2 Å². The molecule has 0 aromatic rings. The third-order valence-electron chi connectivity index (χ3n) is 2.38. The minimum atomic E-state index is -8.41. The molecule has 0 atom stereocenters. The van der Waals surface area contributed by atoms with Crippen molar-refractivity contribution in [3.63, 3.8) is 0 Å².